The fourth-order valence-electron chi connectivity index (χ4n) is 2.58. The van der Waals surface area contributed by atoms with Gasteiger partial charge in [0.1, 0.15) is 6.54 Å². The number of anilines is 1. The summed E-state index contributed by atoms with van der Waals surface area (Å²) in [6.45, 7) is 2.31. The van der Waals surface area contributed by atoms with Crippen LogP contribution in [-0.4, -0.2) is 38.6 Å². The van der Waals surface area contributed by atoms with Crippen molar-refractivity contribution in [3.8, 4) is 0 Å². The summed E-state index contributed by atoms with van der Waals surface area (Å²) in [6.07, 6.45) is 2.19. The van der Waals surface area contributed by atoms with Crippen molar-refractivity contribution in [2.24, 2.45) is 10.7 Å². The quantitative estimate of drug-likeness (QED) is 0.579. The summed E-state index contributed by atoms with van der Waals surface area (Å²) in [5.41, 5.74) is 7.97. The van der Waals surface area contributed by atoms with E-state index in [2.05, 4.69) is 39.5 Å². The van der Waals surface area contributed by atoms with Crippen molar-refractivity contribution in [3.05, 3.63) is 29.8 Å². The molecule has 4 nitrogen and oxygen atoms in total. The first-order valence-electron chi connectivity index (χ1n) is 7.81. The van der Waals surface area contributed by atoms with Gasteiger partial charge in [0.15, 0.2) is 5.96 Å². The molecule has 0 aliphatic carbocycles. The number of nitrogens with one attached hydrogen (secondary N) is 1. The molecule has 7 heteroatoms. The summed E-state index contributed by atoms with van der Waals surface area (Å²) in [7, 11) is 0. The number of hydrogen-bond acceptors (Lipinski definition) is 2. The molecule has 1 aliphatic heterocycles. The lowest BCUT2D eigenvalue weighted by atomic mass is 10.1. The van der Waals surface area contributed by atoms with E-state index in [0.29, 0.717) is 6.54 Å². The maximum Gasteiger partial charge on any atom is 0.257 e. The average Bonchev–Trinajstić information content (AvgIpc) is 2.54. The van der Waals surface area contributed by atoms with Crippen molar-refractivity contribution in [2.75, 3.05) is 31.1 Å². The van der Waals surface area contributed by atoms with Crippen LogP contribution in [0.4, 0.5) is 14.5 Å². The van der Waals surface area contributed by atoms with Crippen molar-refractivity contribution in [1.82, 2.24) is 5.32 Å². The third-order valence-electron chi connectivity index (χ3n) is 3.78. The number of nitrogens with two attached hydrogens (primary N) is 1. The number of nitrogens with zero attached hydrogens (tertiary/aromatic N) is 2. The molecule has 3 N–H and O–H groups in total. The van der Waals surface area contributed by atoms with E-state index in [1.54, 1.807) is 0 Å². The zero-order chi connectivity index (χ0) is 15.8. The normalized spacial score (nSPS) is 15.4. The average molecular weight is 391 g/mol. The minimum Gasteiger partial charge on any atom is -0.372 e. The number of alkyl halides is 2. The van der Waals surface area contributed by atoms with Crippen LogP contribution in [0.5, 0.6) is 0 Å². The highest BCUT2D eigenvalue weighted by atomic mass is 79.9. The van der Waals surface area contributed by atoms with Gasteiger partial charge in [0.05, 0.1) is 0 Å². The first kappa shape index (κ1) is 19.7. The van der Waals surface area contributed by atoms with Gasteiger partial charge in [-0.1, -0.05) is 12.1 Å². The van der Waals surface area contributed by atoms with Gasteiger partial charge in [-0.25, -0.2) is 13.8 Å². The maximum atomic E-state index is 12.0. The summed E-state index contributed by atoms with van der Waals surface area (Å²) < 4.78 is 24.0. The molecule has 1 heterocycles. The Morgan fingerprint density at radius 2 is 1.83 bits per heavy atom. The second-order valence-corrected chi connectivity index (χ2v) is 5.51. The number of piperidine rings is 1. The number of aliphatic imine (C=N–C) groups is 1. The topological polar surface area (TPSA) is 53.6 Å². The third-order valence-corrected chi connectivity index (χ3v) is 3.78. The third kappa shape index (κ3) is 7.16. The molecule has 1 saturated heterocycles. The van der Waals surface area contributed by atoms with Crippen molar-refractivity contribution < 1.29 is 8.78 Å². The minimum absolute atomic E-state index is 0. The monoisotopic (exact) mass is 390 g/mol. The highest BCUT2D eigenvalue weighted by Crippen LogP contribution is 2.20. The van der Waals surface area contributed by atoms with E-state index in [0.717, 1.165) is 19.5 Å². The molecule has 23 heavy (non-hydrogen) atoms. The fraction of sp³-hybridized carbons (Fsp3) is 0.562. The summed E-state index contributed by atoms with van der Waals surface area (Å²) in [5, 5.41) is 2.85. The number of halogens is 3. The minimum atomic E-state index is -2.46. The molecule has 1 fully saturated rings. The lowest BCUT2D eigenvalue weighted by molar-refractivity contribution is 0.158. The number of rotatable bonds is 6. The standard InChI is InChI=1S/C16H24F2N4.BrH/c17-15(18)12-21-16(19)20-9-8-13-4-6-14(7-5-13)22-10-2-1-3-11-22;/h4-7,15H,1-3,8-12H2,(H3,19,20,21);1H. The van der Waals surface area contributed by atoms with Crippen LogP contribution in [0.3, 0.4) is 0 Å². The van der Waals surface area contributed by atoms with E-state index in [9.17, 15) is 8.78 Å². The number of hydrogen-bond donors (Lipinski definition) is 2. The van der Waals surface area contributed by atoms with Gasteiger partial charge in [0.25, 0.3) is 6.43 Å². The molecule has 130 valence electrons. The van der Waals surface area contributed by atoms with Crippen LogP contribution in [0.15, 0.2) is 29.3 Å². The molecule has 1 aromatic rings. The molecule has 2 rings (SSSR count). The van der Waals surface area contributed by atoms with E-state index in [1.165, 1.54) is 30.5 Å². The smallest absolute Gasteiger partial charge is 0.257 e. The lowest BCUT2D eigenvalue weighted by Crippen LogP contribution is -2.33. The largest absolute Gasteiger partial charge is 0.372 e. The second-order valence-electron chi connectivity index (χ2n) is 5.51. The van der Waals surface area contributed by atoms with Crippen molar-refractivity contribution in [3.63, 3.8) is 0 Å². The van der Waals surface area contributed by atoms with Gasteiger partial charge in [0, 0.05) is 25.3 Å². The van der Waals surface area contributed by atoms with Crippen LogP contribution in [0.25, 0.3) is 0 Å². The molecule has 1 aromatic carbocycles. The van der Waals surface area contributed by atoms with Crippen molar-refractivity contribution >= 4 is 28.6 Å². The van der Waals surface area contributed by atoms with Crippen molar-refractivity contribution in [2.45, 2.75) is 32.1 Å². The molecule has 0 atom stereocenters. The second kappa shape index (κ2) is 10.4. The van der Waals surface area contributed by atoms with E-state index in [-0.39, 0.29) is 22.9 Å². The summed E-state index contributed by atoms with van der Waals surface area (Å²) >= 11 is 0. The molecular formula is C16H25BrF2N4. The molecule has 0 amide bonds. The molecule has 0 spiro atoms. The van der Waals surface area contributed by atoms with Gasteiger partial charge in [-0.15, -0.1) is 17.0 Å². The van der Waals surface area contributed by atoms with E-state index in [1.807, 2.05) is 0 Å². The summed E-state index contributed by atoms with van der Waals surface area (Å²) in [4.78, 5) is 5.97. The van der Waals surface area contributed by atoms with Gasteiger partial charge in [0.2, 0.25) is 0 Å². The predicted molar refractivity (Wildman–Crippen MR) is 97.0 cm³/mol. The van der Waals surface area contributed by atoms with Gasteiger partial charge in [-0.3, -0.25) is 0 Å². The summed E-state index contributed by atoms with van der Waals surface area (Å²) in [6, 6.07) is 8.51. The predicted octanol–water partition coefficient (Wildman–Crippen LogP) is 2.97. The van der Waals surface area contributed by atoms with Gasteiger partial charge >= 0.3 is 0 Å². The summed E-state index contributed by atoms with van der Waals surface area (Å²) in [5.74, 6) is 0.0743. The van der Waals surface area contributed by atoms with E-state index < -0.39 is 13.0 Å². The molecule has 0 bridgehead atoms. The SMILES string of the molecule is Br.NC(=NCC(F)F)NCCc1ccc(N2CCCCC2)cc1. The van der Waals surface area contributed by atoms with Crippen LogP contribution >= 0.6 is 17.0 Å². The van der Waals surface area contributed by atoms with Gasteiger partial charge in [-0.2, -0.15) is 0 Å². The van der Waals surface area contributed by atoms with Crippen LogP contribution in [-0.2, 0) is 6.42 Å². The Morgan fingerprint density at radius 1 is 1.17 bits per heavy atom. The molecular weight excluding hydrogens is 366 g/mol. The number of benzene rings is 1. The molecule has 1 aliphatic rings. The highest BCUT2D eigenvalue weighted by molar-refractivity contribution is 8.93. The Morgan fingerprint density at radius 3 is 2.43 bits per heavy atom. The lowest BCUT2D eigenvalue weighted by Gasteiger charge is -2.28. The maximum absolute atomic E-state index is 12.0. The Kier molecular flexibility index (Phi) is 8.91. The zero-order valence-electron chi connectivity index (χ0n) is 13.2. The molecule has 0 aromatic heterocycles. The highest BCUT2D eigenvalue weighted by Gasteiger charge is 2.10. The first-order valence-corrected chi connectivity index (χ1v) is 7.81. The molecule has 0 saturated carbocycles. The van der Waals surface area contributed by atoms with Crippen molar-refractivity contribution in [1.29, 1.82) is 0 Å². The Balaban J connectivity index is 0.00000264. The molecule has 0 radical (unpaired) electrons. The number of guanidine groups is 1. The molecule has 0 unspecified atom stereocenters. The fourth-order valence-corrected chi connectivity index (χ4v) is 2.58. The van der Waals surface area contributed by atoms with Gasteiger partial charge in [-0.05, 0) is 43.4 Å². The van der Waals surface area contributed by atoms with Crippen LogP contribution in [0, 0.1) is 0 Å². The van der Waals surface area contributed by atoms with Gasteiger partial charge < -0.3 is 16.0 Å². The Hall–Kier alpha value is -1.37. The first-order chi connectivity index (χ1) is 10.6. The Labute approximate surface area is 146 Å². The van der Waals surface area contributed by atoms with Crippen LogP contribution < -0.4 is 16.0 Å². The van der Waals surface area contributed by atoms with Crippen LogP contribution in [0.2, 0.25) is 0 Å². The zero-order valence-corrected chi connectivity index (χ0v) is 14.9. The van der Waals surface area contributed by atoms with E-state index >= 15 is 0 Å². The van der Waals surface area contributed by atoms with E-state index in [4.69, 9.17) is 5.73 Å². The Bertz CT molecular complexity index is 473. The van der Waals surface area contributed by atoms with Crippen LogP contribution in [0.1, 0.15) is 24.8 Å².